The number of hydrogen-bond donors (Lipinski definition) is 1. The summed E-state index contributed by atoms with van der Waals surface area (Å²) in [6, 6.07) is 2.35. The molecule has 0 aromatic carbocycles. The van der Waals surface area contributed by atoms with Crippen molar-refractivity contribution in [1.29, 1.82) is 0 Å². The lowest BCUT2D eigenvalue weighted by molar-refractivity contribution is -0.143. The second kappa shape index (κ2) is 5.35. The standard InChI is InChI=1S/C12H13ClN2O3/c13-10-5-4-8(7-14-10)11(16)15-6-2-1-3-9(15)12(17)18/h4-5,7,9H,1-3,6H2,(H,17,18). The Balaban J connectivity index is 2.20. The van der Waals surface area contributed by atoms with Gasteiger partial charge in [-0.05, 0) is 31.4 Å². The van der Waals surface area contributed by atoms with Crippen LogP contribution in [-0.2, 0) is 4.79 Å². The summed E-state index contributed by atoms with van der Waals surface area (Å²) in [6.07, 6.45) is 3.54. The maximum atomic E-state index is 12.2. The van der Waals surface area contributed by atoms with Gasteiger partial charge < -0.3 is 10.0 Å². The van der Waals surface area contributed by atoms with Gasteiger partial charge in [0.25, 0.3) is 5.91 Å². The molecular weight excluding hydrogens is 256 g/mol. The van der Waals surface area contributed by atoms with Gasteiger partial charge in [-0.15, -0.1) is 0 Å². The van der Waals surface area contributed by atoms with Crippen LogP contribution in [0.3, 0.4) is 0 Å². The van der Waals surface area contributed by atoms with Crippen molar-refractivity contribution in [2.45, 2.75) is 25.3 Å². The van der Waals surface area contributed by atoms with E-state index in [1.54, 1.807) is 6.07 Å². The van der Waals surface area contributed by atoms with Crippen molar-refractivity contribution >= 4 is 23.5 Å². The van der Waals surface area contributed by atoms with Crippen molar-refractivity contribution in [3.63, 3.8) is 0 Å². The third-order valence-corrected chi connectivity index (χ3v) is 3.25. The molecule has 0 bridgehead atoms. The average molecular weight is 269 g/mol. The fourth-order valence-electron chi connectivity index (χ4n) is 2.10. The van der Waals surface area contributed by atoms with E-state index in [0.29, 0.717) is 23.7 Å². The number of piperidine rings is 1. The number of rotatable bonds is 2. The molecule has 1 fully saturated rings. The van der Waals surface area contributed by atoms with Crippen molar-refractivity contribution in [1.82, 2.24) is 9.88 Å². The van der Waals surface area contributed by atoms with Crippen LogP contribution >= 0.6 is 11.6 Å². The summed E-state index contributed by atoms with van der Waals surface area (Å²) in [7, 11) is 0. The number of carboxylic acid groups (broad SMARTS) is 1. The molecule has 5 nitrogen and oxygen atoms in total. The Morgan fingerprint density at radius 2 is 2.17 bits per heavy atom. The number of pyridine rings is 1. The van der Waals surface area contributed by atoms with Crippen LogP contribution in [0.25, 0.3) is 0 Å². The number of halogens is 1. The Hall–Kier alpha value is -1.62. The largest absolute Gasteiger partial charge is 0.480 e. The smallest absolute Gasteiger partial charge is 0.326 e. The van der Waals surface area contributed by atoms with Crippen LogP contribution in [0.1, 0.15) is 29.6 Å². The minimum Gasteiger partial charge on any atom is -0.480 e. The fourth-order valence-corrected chi connectivity index (χ4v) is 2.21. The molecule has 0 aliphatic carbocycles. The molecule has 1 aliphatic heterocycles. The van der Waals surface area contributed by atoms with Crippen LogP contribution in [0.15, 0.2) is 18.3 Å². The molecule has 1 N–H and O–H groups in total. The first-order chi connectivity index (χ1) is 8.59. The van der Waals surface area contributed by atoms with Gasteiger partial charge in [0, 0.05) is 12.7 Å². The second-order valence-electron chi connectivity index (χ2n) is 4.22. The van der Waals surface area contributed by atoms with E-state index in [2.05, 4.69) is 4.98 Å². The third-order valence-electron chi connectivity index (χ3n) is 3.02. The lowest BCUT2D eigenvalue weighted by Gasteiger charge is -2.32. The molecule has 1 aromatic heterocycles. The van der Waals surface area contributed by atoms with Crippen LogP contribution < -0.4 is 0 Å². The summed E-state index contributed by atoms with van der Waals surface area (Å²) in [4.78, 5) is 28.6. The van der Waals surface area contributed by atoms with Crippen LogP contribution in [0.5, 0.6) is 0 Å². The number of nitrogens with zero attached hydrogens (tertiary/aromatic N) is 2. The topological polar surface area (TPSA) is 70.5 Å². The van der Waals surface area contributed by atoms with Crippen molar-refractivity contribution < 1.29 is 14.7 Å². The average Bonchev–Trinajstić information content (AvgIpc) is 2.39. The zero-order chi connectivity index (χ0) is 13.1. The van der Waals surface area contributed by atoms with Crippen molar-refractivity contribution in [2.24, 2.45) is 0 Å². The molecular formula is C12H13ClN2O3. The van der Waals surface area contributed by atoms with Crippen molar-refractivity contribution in [3.8, 4) is 0 Å². The van der Waals surface area contributed by atoms with Gasteiger partial charge in [-0.3, -0.25) is 4.79 Å². The Bertz CT molecular complexity index is 461. The van der Waals surface area contributed by atoms with E-state index < -0.39 is 12.0 Å². The predicted octanol–water partition coefficient (Wildman–Crippen LogP) is 1.81. The Kier molecular flexibility index (Phi) is 3.81. The van der Waals surface area contributed by atoms with Gasteiger partial charge in [0.1, 0.15) is 11.2 Å². The first-order valence-corrected chi connectivity index (χ1v) is 6.12. The molecule has 1 unspecified atom stereocenters. The maximum Gasteiger partial charge on any atom is 0.326 e. The zero-order valence-electron chi connectivity index (χ0n) is 9.67. The highest BCUT2D eigenvalue weighted by atomic mass is 35.5. The van der Waals surface area contributed by atoms with Crippen LogP contribution in [0.2, 0.25) is 5.15 Å². The lowest BCUT2D eigenvalue weighted by Crippen LogP contribution is -2.48. The van der Waals surface area contributed by atoms with Crippen molar-refractivity contribution in [3.05, 3.63) is 29.0 Å². The van der Waals surface area contributed by atoms with E-state index in [9.17, 15) is 9.59 Å². The molecule has 1 amide bonds. The highest BCUT2D eigenvalue weighted by Crippen LogP contribution is 2.20. The number of amides is 1. The number of hydrogen-bond acceptors (Lipinski definition) is 3. The third kappa shape index (κ3) is 2.61. The van der Waals surface area contributed by atoms with E-state index >= 15 is 0 Å². The molecule has 18 heavy (non-hydrogen) atoms. The number of carboxylic acids is 1. The van der Waals surface area contributed by atoms with E-state index in [1.807, 2.05) is 0 Å². The first kappa shape index (κ1) is 12.8. The van der Waals surface area contributed by atoms with Gasteiger partial charge in [-0.1, -0.05) is 11.6 Å². The summed E-state index contributed by atoms with van der Waals surface area (Å²) in [5, 5.41) is 9.42. The molecule has 0 spiro atoms. The molecule has 6 heteroatoms. The molecule has 2 rings (SSSR count). The monoisotopic (exact) mass is 268 g/mol. The summed E-state index contributed by atoms with van der Waals surface area (Å²) < 4.78 is 0. The minimum absolute atomic E-state index is 0.300. The SMILES string of the molecule is O=C(O)C1CCCCN1C(=O)c1ccc(Cl)nc1. The second-order valence-corrected chi connectivity index (χ2v) is 4.61. The summed E-state index contributed by atoms with van der Waals surface area (Å²) in [5.74, 6) is -1.25. The summed E-state index contributed by atoms with van der Waals surface area (Å²) in [5.41, 5.74) is 0.368. The van der Waals surface area contributed by atoms with E-state index in [1.165, 1.54) is 17.2 Å². The summed E-state index contributed by atoms with van der Waals surface area (Å²) >= 11 is 5.65. The summed E-state index contributed by atoms with van der Waals surface area (Å²) in [6.45, 7) is 0.471. The predicted molar refractivity (Wildman–Crippen MR) is 65.6 cm³/mol. The Morgan fingerprint density at radius 3 is 2.78 bits per heavy atom. The Morgan fingerprint density at radius 1 is 1.39 bits per heavy atom. The molecule has 96 valence electrons. The van der Waals surface area contributed by atoms with Gasteiger partial charge in [-0.2, -0.15) is 0 Å². The van der Waals surface area contributed by atoms with Gasteiger partial charge in [0.15, 0.2) is 0 Å². The number of aromatic nitrogens is 1. The number of likely N-dealkylation sites (tertiary alicyclic amines) is 1. The van der Waals surface area contributed by atoms with Gasteiger partial charge in [0.2, 0.25) is 0 Å². The molecule has 0 saturated carbocycles. The molecule has 0 radical (unpaired) electrons. The zero-order valence-corrected chi connectivity index (χ0v) is 10.4. The van der Waals surface area contributed by atoms with E-state index in [4.69, 9.17) is 16.7 Å². The molecule has 2 heterocycles. The van der Waals surface area contributed by atoms with E-state index in [0.717, 1.165) is 12.8 Å². The minimum atomic E-state index is -0.954. The van der Waals surface area contributed by atoms with Crippen molar-refractivity contribution in [2.75, 3.05) is 6.54 Å². The fraction of sp³-hybridized carbons (Fsp3) is 0.417. The van der Waals surface area contributed by atoms with Crippen LogP contribution in [-0.4, -0.2) is 39.5 Å². The highest BCUT2D eigenvalue weighted by molar-refractivity contribution is 6.29. The quantitative estimate of drug-likeness (QED) is 0.831. The maximum absolute atomic E-state index is 12.2. The number of aliphatic carboxylic acids is 1. The number of carbonyl (C=O) groups excluding carboxylic acids is 1. The molecule has 1 atom stereocenters. The van der Waals surface area contributed by atoms with Crippen LogP contribution in [0.4, 0.5) is 0 Å². The van der Waals surface area contributed by atoms with Gasteiger partial charge in [-0.25, -0.2) is 9.78 Å². The van der Waals surface area contributed by atoms with Gasteiger partial charge in [0.05, 0.1) is 5.56 Å². The molecule has 1 aliphatic rings. The first-order valence-electron chi connectivity index (χ1n) is 5.75. The highest BCUT2D eigenvalue weighted by Gasteiger charge is 2.32. The lowest BCUT2D eigenvalue weighted by atomic mass is 10.0. The van der Waals surface area contributed by atoms with Crippen LogP contribution in [0, 0.1) is 0 Å². The molecule has 1 aromatic rings. The normalized spacial score (nSPS) is 19.6. The number of carbonyl (C=O) groups is 2. The molecule has 1 saturated heterocycles. The van der Waals surface area contributed by atoms with Gasteiger partial charge >= 0.3 is 5.97 Å². The van der Waals surface area contributed by atoms with E-state index in [-0.39, 0.29) is 5.91 Å². The Labute approximate surface area is 109 Å².